The van der Waals surface area contributed by atoms with E-state index in [1.807, 2.05) is 65.5 Å². The number of carbonyl (C=O) groups excluding carboxylic acids is 1. The standard InChI is InChI=1S/C19H16N4OS/c1-13-5-6-14(17-12-23-8-3-7-20-19(23)22-17)10-16(13)21-18(24)11-15-4-2-9-25-15/h2-10,12H,11H2,1H3,(H,21,24). The van der Waals surface area contributed by atoms with Gasteiger partial charge in [-0.1, -0.05) is 18.2 Å². The number of amides is 1. The first-order valence-electron chi connectivity index (χ1n) is 7.92. The summed E-state index contributed by atoms with van der Waals surface area (Å²) in [6.45, 7) is 1.98. The van der Waals surface area contributed by atoms with Crippen LogP contribution in [0.25, 0.3) is 17.0 Å². The molecule has 5 nitrogen and oxygen atoms in total. The first-order valence-corrected chi connectivity index (χ1v) is 8.80. The highest BCUT2D eigenvalue weighted by Crippen LogP contribution is 2.25. The number of fused-ring (bicyclic) bond motifs is 1. The van der Waals surface area contributed by atoms with Gasteiger partial charge in [-0.25, -0.2) is 9.97 Å². The molecule has 3 heterocycles. The lowest BCUT2D eigenvalue weighted by Gasteiger charge is -2.09. The van der Waals surface area contributed by atoms with Crippen LogP contribution >= 0.6 is 11.3 Å². The summed E-state index contributed by atoms with van der Waals surface area (Å²) >= 11 is 1.59. The second-order valence-corrected chi connectivity index (χ2v) is 6.82. The molecule has 0 saturated heterocycles. The Morgan fingerprint density at radius 1 is 1.28 bits per heavy atom. The van der Waals surface area contributed by atoms with Crippen LogP contribution in [0.15, 0.2) is 60.4 Å². The molecule has 0 spiro atoms. The largest absolute Gasteiger partial charge is 0.326 e. The van der Waals surface area contributed by atoms with Gasteiger partial charge < -0.3 is 5.32 Å². The van der Waals surface area contributed by atoms with Gasteiger partial charge in [0, 0.05) is 34.7 Å². The van der Waals surface area contributed by atoms with E-state index in [9.17, 15) is 4.79 Å². The quantitative estimate of drug-likeness (QED) is 0.607. The van der Waals surface area contributed by atoms with Gasteiger partial charge in [0.05, 0.1) is 12.1 Å². The van der Waals surface area contributed by atoms with Crippen LogP contribution in [0.4, 0.5) is 5.69 Å². The van der Waals surface area contributed by atoms with Crippen molar-refractivity contribution in [3.05, 3.63) is 70.8 Å². The average Bonchev–Trinajstić information content (AvgIpc) is 3.25. The van der Waals surface area contributed by atoms with Crippen molar-refractivity contribution >= 4 is 28.7 Å². The van der Waals surface area contributed by atoms with Gasteiger partial charge in [0.2, 0.25) is 11.7 Å². The highest BCUT2D eigenvalue weighted by molar-refractivity contribution is 7.10. The number of carbonyl (C=O) groups is 1. The summed E-state index contributed by atoms with van der Waals surface area (Å²) in [5, 5.41) is 4.99. The molecule has 3 aromatic heterocycles. The molecule has 6 heteroatoms. The molecule has 0 aliphatic carbocycles. The summed E-state index contributed by atoms with van der Waals surface area (Å²) in [5.74, 6) is 0.640. The number of thiophene rings is 1. The molecule has 0 fully saturated rings. The van der Waals surface area contributed by atoms with Crippen LogP contribution in [-0.4, -0.2) is 20.3 Å². The minimum Gasteiger partial charge on any atom is -0.326 e. The summed E-state index contributed by atoms with van der Waals surface area (Å²) in [4.78, 5) is 22.1. The van der Waals surface area contributed by atoms with E-state index in [1.165, 1.54) is 0 Å². The fourth-order valence-electron chi connectivity index (χ4n) is 2.65. The lowest BCUT2D eigenvalue weighted by atomic mass is 10.1. The van der Waals surface area contributed by atoms with Gasteiger partial charge in [-0.15, -0.1) is 11.3 Å². The van der Waals surface area contributed by atoms with Crippen molar-refractivity contribution in [2.75, 3.05) is 5.32 Å². The molecule has 1 amide bonds. The number of hydrogen-bond donors (Lipinski definition) is 1. The van der Waals surface area contributed by atoms with Gasteiger partial charge in [0.1, 0.15) is 0 Å². The number of nitrogens with zero attached hydrogens (tertiary/aromatic N) is 3. The summed E-state index contributed by atoms with van der Waals surface area (Å²) in [6.07, 6.45) is 5.96. The Kier molecular flexibility index (Phi) is 4.03. The molecular weight excluding hydrogens is 332 g/mol. The van der Waals surface area contributed by atoms with Crippen molar-refractivity contribution < 1.29 is 4.79 Å². The number of rotatable bonds is 4. The van der Waals surface area contributed by atoms with Gasteiger partial charge in [-0.3, -0.25) is 9.20 Å². The summed E-state index contributed by atoms with van der Waals surface area (Å²) in [7, 11) is 0. The minimum atomic E-state index is -0.0145. The Hall–Kier alpha value is -2.99. The number of anilines is 1. The van der Waals surface area contributed by atoms with Crippen LogP contribution in [0.3, 0.4) is 0 Å². The zero-order chi connectivity index (χ0) is 17.2. The highest BCUT2D eigenvalue weighted by atomic mass is 32.1. The van der Waals surface area contributed by atoms with Crippen LogP contribution in [0, 0.1) is 6.92 Å². The SMILES string of the molecule is Cc1ccc(-c2cn3cccnc3n2)cc1NC(=O)Cc1cccs1. The lowest BCUT2D eigenvalue weighted by molar-refractivity contribution is -0.115. The third-order valence-electron chi connectivity index (χ3n) is 3.96. The molecule has 4 aromatic rings. The van der Waals surface area contributed by atoms with Crippen LogP contribution in [0.5, 0.6) is 0 Å². The Balaban J connectivity index is 1.60. The van der Waals surface area contributed by atoms with E-state index in [1.54, 1.807) is 17.5 Å². The van der Waals surface area contributed by atoms with Crippen molar-refractivity contribution in [3.63, 3.8) is 0 Å². The van der Waals surface area contributed by atoms with E-state index >= 15 is 0 Å². The molecule has 0 unspecified atom stereocenters. The molecule has 0 saturated carbocycles. The monoisotopic (exact) mass is 348 g/mol. The molecule has 1 aromatic carbocycles. The van der Waals surface area contributed by atoms with Crippen LogP contribution in [0.2, 0.25) is 0 Å². The van der Waals surface area contributed by atoms with Crippen LogP contribution < -0.4 is 5.32 Å². The average molecular weight is 348 g/mol. The summed E-state index contributed by atoms with van der Waals surface area (Å²) in [5.41, 5.74) is 3.60. The van der Waals surface area contributed by atoms with E-state index in [0.717, 1.165) is 27.4 Å². The molecule has 0 radical (unpaired) electrons. The van der Waals surface area contributed by atoms with Crippen molar-refractivity contribution in [2.45, 2.75) is 13.3 Å². The number of aromatic nitrogens is 3. The zero-order valence-corrected chi connectivity index (χ0v) is 14.5. The maximum atomic E-state index is 12.3. The van der Waals surface area contributed by atoms with Crippen LogP contribution in [0.1, 0.15) is 10.4 Å². The number of nitrogens with one attached hydrogen (secondary N) is 1. The molecule has 4 rings (SSSR count). The zero-order valence-electron chi connectivity index (χ0n) is 13.6. The first-order chi connectivity index (χ1) is 12.2. The summed E-state index contributed by atoms with van der Waals surface area (Å²) < 4.78 is 1.88. The maximum Gasteiger partial charge on any atom is 0.234 e. The predicted octanol–water partition coefficient (Wildman–Crippen LogP) is 3.95. The fourth-order valence-corrected chi connectivity index (χ4v) is 3.35. The fraction of sp³-hybridized carbons (Fsp3) is 0.105. The lowest BCUT2D eigenvalue weighted by Crippen LogP contribution is -2.14. The highest BCUT2D eigenvalue weighted by Gasteiger charge is 2.10. The normalized spacial score (nSPS) is 10.9. The Labute approximate surface area is 149 Å². The van der Waals surface area contributed by atoms with Crippen molar-refractivity contribution in [1.82, 2.24) is 14.4 Å². The van der Waals surface area contributed by atoms with Crippen molar-refractivity contribution in [3.8, 4) is 11.3 Å². The van der Waals surface area contributed by atoms with E-state index < -0.39 is 0 Å². The topological polar surface area (TPSA) is 59.3 Å². The Morgan fingerprint density at radius 2 is 2.20 bits per heavy atom. The first kappa shape index (κ1) is 15.5. The number of aryl methyl sites for hydroxylation is 1. The van der Waals surface area contributed by atoms with Crippen molar-refractivity contribution in [1.29, 1.82) is 0 Å². The smallest absolute Gasteiger partial charge is 0.234 e. The second-order valence-electron chi connectivity index (χ2n) is 5.79. The molecule has 25 heavy (non-hydrogen) atoms. The van der Waals surface area contributed by atoms with Gasteiger partial charge in [-0.2, -0.15) is 0 Å². The number of imidazole rings is 1. The third kappa shape index (κ3) is 3.29. The molecule has 0 atom stereocenters. The second kappa shape index (κ2) is 6.49. The minimum absolute atomic E-state index is 0.0145. The molecule has 0 bridgehead atoms. The Bertz CT molecular complexity index is 1000. The molecule has 0 aliphatic heterocycles. The molecular formula is C19H16N4OS. The number of benzene rings is 1. The van der Waals surface area contributed by atoms with E-state index in [2.05, 4.69) is 15.3 Å². The van der Waals surface area contributed by atoms with E-state index in [0.29, 0.717) is 12.2 Å². The molecule has 1 N–H and O–H groups in total. The predicted molar refractivity (Wildman–Crippen MR) is 99.8 cm³/mol. The number of hydrogen-bond acceptors (Lipinski definition) is 4. The van der Waals surface area contributed by atoms with Gasteiger partial charge in [0.25, 0.3) is 0 Å². The maximum absolute atomic E-state index is 12.3. The molecule has 124 valence electrons. The third-order valence-corrected chi connectivity index (χ3v) is 4.83. The van der Waals surface area contributed by atoms with E-state index in [4.69, 9.17) is 0 Å². The van der Waals surface area contributed by atoms with Gasteiger partial charge in [-0.05, 0) is 36.1 Å². The van der Waals surface area contributed by atoms with Crippen LogP contribution in [-0.2, 0) is 11.2 Å². The summed E-state index contributed by atoms with van der Waals surface area (Å²) in [6, 6.07) is 11.8. The van der Waals surface area contributed by atoms with Gasteiger partial charge in [0.15, 0.2) is 0 Å². The van der Waals surface area contributed by atoms with E-state index in [-0.39, 0.29) is 5.91 Å². The Morgan fingerprint density at radius 3 is 3.00 bits per heavy atom. The van der Waals surface area contributed by atoms with Gasteiger partial charge >= 0.3 is 0 Å². The molecule has 0 aliphatic rings. The van der Waals surface area contributed by atoms with Crippen molar-refractivity contribution in [2.24, 2.45) is 0 Å².